The van der Waals surface area contributed by atoms with E-state index in [4.69, 9.17) is 0 Å². The van der Waals surface area contributed by atoms with Crippen molar-refractivity contribution in [2.75, 3.05) is 0 Å². The van der Waals surface area contributed by atoms with E-state index >= 15 is 0 Å². The Morgan fingerprint density at radius 1 is 1.16 bits per heavy atom. The lowest BCUT2D eigenvalue weighted by molar-refractivity contribution is -0.152. The summed E-state index contributed by atoms with van der Waals surface area (Å²) in [4.78, 5) is 8.99. The summed E-state index contributed by atoms with van der Waals surface area (Å²) in [5.41, 5.74) is 3.75. The van der Waals surface area contributed by atoms with Crippen LogP contribution in [0.15, 0.2) is 30.6 Å². The Kier molecular flexibility index (Phi) is 8.84. The third kappa shape index (κ3) is 6.24. The Balaban J connectivity index is 1.74. The molecule has 2 aliphatic carbocycles. The van der Waals surface area contributed by atoms with Crippen LogP contribution in [0.25, 0.3) is 11.1 Å². The van der Waals surface area contributed by atoms with E-state index in [-0.39, 0.29) is 18.3 Å². The van der Waals surface area contributed by atoms with E-state index in [1.54, 1.807) is 12.1 Å². The topological polar surface area (TPSA) is 61.6 Å². The molecule has 38 heavy (non-hydrogen) atoms. The largest absolute Gasteiger partial charge is 0.403 e. The maximum Gasteiger partial charge on any atom is 0.403 e. The SMILES string of the molecule is CC1c2cc(CC(F)F)ccc2C(C#N)=C(c2ncc(C(P)NC(C)C(F)(F)F)cn2)CC1C1CCCC1. The number of benzene rings is 1. The highest BCUT2D eigenvalue weighted by atomic mass is 31.0. The number of halogens is 5. The molecular weight excluding hydrogens is 518 g/mol. The van der Waals surface area contributed by atoms with Crippen molar-refractivity contribution in [3.05, 3.63) is 58.7 Å². The Hall–Kier alpha value is -2.43. The fraction of sp³-hybridized carbons (Fsp3) is 0.536. The second kappa shape index (κ2) is 11.8. The summed E-state index contributed by atoms with van der Waals surface area (Å²) < 4.78 is 65.3. The number of alkyl halides is 5. The lowest BCUT2D eigenvalue weighted by Crippen LogP contribution is -2.40. The molecule has 0 bridgehead atoms. The van der Waals surface area contributed by atoms with E-state index in [1.807, 2.05) is 6.07 Å². The number of rotatable bonds is 7. The van der Waals surface area contributed by atoms with Crippen molar-refractivity contribution in [2.24, 2.45) is 11.8 Å². The summed E-state index contributed by atoms with van der Waals surface area (Å²) in [6.45, 7) is 3.17. The van der Waals surface area contributed by atoms with Crippen LogP contribution >= 0.6 is 9.24 Å². The van der Waals surface area contributed by atoms with Crippen molar-refractivity contribution in [3.63, 3.8) is 0 Å². The second-order valence-corrected chi connectivity index (χ2v) is 11.1. The van der Waals surface area contributed by atoms with Gasteiger partial charge in [-0.2, -0.15) is 18.4 Å². The van der Waals surface area contributed by atoms with Crippen molar-refractivity contribution >= 4 is 20.4 Å². The molecule has 0 radical (unpaired) electrons. The van der Waals surface area contributed by atoms with Gasteiger partial charge in [-0.05, 0) is 47.8 Å². The zero-order chi connectivity index (χ0) is 27.6. The molecule has 5 atom stereocenters. The van der Waals surface area contributed by atoms with Gasteiger partial charge < -0.3 is 0 Å². The van der Waals surface area contributed by atoms with Crippen LogP contribution in [0.4, 0.5) is 22.0 Å². The molecule has 1 aromatic heterocycles. The Morgan fingerprint density at radius 2 is 1.82 bits per heavy atom. The number of hydrogen-bond acceptors (Lipinski definition) is 4. The van der Waals surface area contributed by atoms with Crippen LogP contribution in [-0.2, 0) is 6.42 Å². The number of nitrogens with one attached hydrogen (secondary N) is 1. The van der Waals surface area contributed by atoms with Gasteiger partial charge in [0.25, 0.3) is 0 Å². The van der Waals surface area contributed by atoms with Crippen LogP contribution in [0.2, 0.25) is 0 Å². The molecule has 2 aliphatic rings. The van der Waals surface area contributed by atoms with Gasteiger partial charge in [0.05, 0.1) is 5.57 Å². The average Bonchev–Trinajstić information content (AvgIpc) is 3.36. The molecule has 0 saturated heterocycles. The highest BCUT2D eigenvalue weighted by Crippen LogP contribution is 2.49. The summed E-state index contributed by atoms with van der Waals surface area (Å²) in [6.07, 6.45) is 0.809. The van der Waals surface area contributed by atoms with Crippen LogP contribution in [0.1, 0.15) is 85.7 Å². The molecule has 4 rings (SSSR count). The minimum Gasteiger partial charge on any atom is -0.296 e. The number of nitriles is 1. The van der Waals surface area contributed by atoms with Crippen LogP contribution in [0.5, 0.6) is 0 Å². The Labute approximate surface area is 222 Å². The number of allylic oxidation sites excluding steroid dienone is 2. The molecule has 0 aliphatic heterocycles. The van der Waals surface area contributed by atoms with Gasteiger partial charge in [-0.1, -0.05) is 50.8 Å². The summed E-state index contributed by atoms with van der Waals surface area (Å²) in [5, 5.41) is 12.7. The second-order valence-electron chi connectivity index (χ2n) is 10.4. The van der Waals surface area contributed by atoms with Crippen molar-refractivity contribution < 1.29 is 22.0 Å². The number of nitrogens with zero attached hydrogens (tertiary/aromatic N) is 3. The molecule has 1 N–H and O–H groups in total. The maximum absolute atomic E-state index is 13.2. The predicted molar refractivity (Wildman–Crippen MR) is 140 cm³/mol. The van der Waals surface area contributed by atoms with Crippen molar-refractivity contribution in [2.45, 2.75) is 82.7 Å². The van der Waals surface area contributed by atoms with Crippen LogP contribution < -0.4 is 5.32 Å². The van der Waals surface area contributed by atoms with E-state index < -0.39 is 24.4 Å². The molecule has 2 aromatic rings. The molecule has 5 unspecified atom stereocenters. The maximum atomic E-state index is 13.2. The fourth-order valence-corrected chi connectivity index (χ4v) is 6.30. The minimum absolute atomic E-state index is 0.0512. The van der Waals surface area contributed by atoms with Gasteiger partial charge >= 0.3 is 6.18 Å². The quantitative estimate of drug-likeness (QED) is 0.287. The summed E-state index contributed by atoms with van der Waals surface area (Å²) >= 11 is 0. The van der Waals surface area contributed by atoms with E-state index in [9.17, 15) is 27.2 Å². The number of hydrogen-bond donors (Lipinski definition) is 1. The molecular formula is C28H32F5N4P. The normalized spacial score (nSPS) is 22.2. The van der Waals surface area contributed by atoms with Gasteiger partial charge in [-0.15, -0.1) is 9.24 Å². The number of aromatic nitrogens is 2. The molecule has 0 amide bonds. The van der Waals surface area contributed by atoms with Gasteiger partial charge in [-0.3, -0.25) is 5.32 Å². The smallest absolute Gasteiger partial charge is 0.296 e. The fourth-order valence-electron chi connectivity index (χ4n) is 5.84. The minimum atomic E-state index is -4.38. The first-order valence-corrected chi connectivity index (χ1v) is 13.6. The van der Waals surface area contributed by atoms with E-state index in [0.717, 1.165) is 38.2 Å². The zero-order valence-corrected chi connectivity index (χ0v) is 22.6. The molecule has 4 nitrogen and oxygen atoms in total. The first-order valence-electron chi connectivity index (χ1n) is 12.9. The van der Waals surface area contributed by atoms with Crippen LogP contribution in [-0.4, -0.2) is 28.6 Å². The van der Waals surface area contributed by atoms with Gasteiger partial charge in [0.2, 0.25) is 6.43 Å². The Morgan fingerprint density at radius 3 is 2.39 bits per heavy atom. The Bertz CT molecular complexity index is 1200. The highest BCUT2D eigenvalue weighted by molar-refractivity contribution is 7.17. The van der Waals surface area contributed by atoms with Gasteiger partial charge in [-0.25, -0.2) is 18.7 Å². The zero-order valence-electron chi connectivity index (χ0n) is 21.4. The van der Waals surface area contributed by atoms with E-state index in [0.29, 0.717) is 46.0 Å². The third-order valence-corrected chi connectivity index (χ3v) is 8.57. The average molecular weight is 551 g/mol. The molecule has 1 heterocycles. The summed E-state index contributed by atoms with van der Waals surface area (Å²) in [5.74, 6) is 0.334. The molecule has 204 valence electrons. The number of fused-ring (bicyclic) bond motifs is 1. The van der Waals surface area contributed by atoms with Crippen LogP contribution in [0.3, 0.4) is 0 Å². The van der Waals surface area contributed by atoms with Crippen molar-refractivity contribution in [3.8, 4) is 6.07 Å². The first-order chi connectivity index (χ1) is 18.0. The van der Waals surface area contributed by atoms with E-state index in [2.05, 4.69) is 37.5 Å². The van der Waals surface area contributed by atoms with Gasteiger partial charge in [0.15, 0.2) is 5.82 Å². The predicted octanol–water partition coefficient (Wildman–Crippen LogP) is 7.45. The summed E-state index contributed by atoms with van der Waals surface area (Å²) in [6, 6.07) is 5.86. The molecule has 1 fully saturated rings. The molecule has 1 aromatic carbocycles. The molecule has 10 heteroatoms. The first kappa shape index (κ1) is 28.6. The lowest BCUT2D eigenvalue weighted by atomic mass is 9.75. The third-order valence-electron chi connectivity index (χ3n) is 7.99. The standard InChI is InChI=1S/C28H32F5N4P/c1-15-21(18-5-3-4-6-18)11-23(24(12-34)20-8-7-17(9-22(15)20)10-25(29)30)26-35-13-19(14-36-26)27(38)37-16(2)28(31,32)33/h7-9,13-16,18,21,25,27,37H,3-6,10-11,38H2,1-2H3. The monoisotopic (exact) mass is 550 g/mol. The molecule has 1 saturated carbocycles. The van der Waals surface area contributed by atoms with E-state index in [1.165, 1.54) is 12.4 Å². The van der Waals surface area contributed by atoms with Crippen molar-refractivity contribution in [1.82, 2.24) is 15.3 Å². The van der Waals surface area contributed by atoms with Crippen molar-refractivity contribution in [1.29, 1.82) is 5.26 Å². The highest BCUT2D eigenvalue weighted by Gasteiger charge is 2.38. The van der Waals surface area contributed by atoms with Gasteiger partial charge in [0.1, 0.15) is 12.1 Å². The van der Waals surface area contributed by atoms with Crippen LogP contribution in [0, 0.1) is 23.2 Å². The molecule has 0 spiro atoms. The lowest BCUT2D eigenvalue weighted by Gasteiger charge is -2.29. The van der Waals surface area contributed by atoms with Gasteiger partial charge in [0, 0.05) is 35.7 Å². The summed E-state index contributed by atoms with van der Waals surface area (Å²) in [7, 11) is 2.34.